The fourth-order valence-electron chi connectivity index (χ4n) is 3.55. The molecular weight excluding hydrogens is 287 g/mol. The molecule has 0 radical (unpaired) electrons. The summed E-state index contributed by atoms with van der Waals surface area (Å²) in [7, 11) is 0. The Morgan fingerprint density at radius 1 is 1.09 bits per heavy atom. The number of aromatic nitrogens is 2. The summed E-state index contributed by atoms with van der Waals surface area (Å²) in [4.78, 5) is 4.33. The van der Waals surface area contributed by atoms with Crippen LogP contribution in [0.2, 0.25) is 0 Å². The molecule has 1 aliphatic heterocycles. The van der Waals surface area contributed by atoms with Gasteiger partial charge in [0.05, 0.1) is 12.4 Å². The minimum absolute atomic E-state index is 0.332. The van der Waals surface area contributed by atoms with Gasteiger partial charge in [-0.25, -0.2) is 9.37 Å². The van der Waals surface area contributed by atoms with Gasteiger partial charge < -0.3 is 4.57 Å². The molecule has 2 nitrogen and oxygen atoms in total. The highest BCUT2D eigenvalue weighted by Crippen LogP contribution is 2.36. The smallest absolute Gasteiger partial charge is 0.115 e. The number of hydrogen-bond donors (Lipinski definition) is 0. The van der Waals surface area contributed by atoms with E-state index in [1.807, 2.05) is 36.8 Å². The van der Waals surface area contributed by atoms with E-state index in [9.17, 15) is 4.39 Å². The van der Waals surface area contributed by atoms with Gasteiger partial charge in [0.25, 0.3) is 0 Å². The largest absolute Gasteiger partial charge is 0.327 e. The SMILES string of the molecule is FCc1ccc(-c2ccccc2C2CCCc3cncn32)cc1. The Hall–Kier alpha value is -2.42. The molecule has 23 heavy (non-hydrogen) atoms. The number of nitrogens with zero attached hydrogens (tertiary/aromatic N) is 2. The minimum atomic E-state index is -0.414. The molecule has 0 bridgehead atoms. The zero-order valence-electron chi connectivity index (χ0n) is 13.0. The van der Waals surface area contributed by atoms with Crippen molar-refractivity contribution in [2.45, 2.75) is 32.0 Å². The molecule has 2 heterocycles. The lowest BCUT2D eigenvalue weighted by atomic mass is 9.90. The van der Waals surface area contributed by atoms with E-state index in [2.05, 4.69) is 33.8 Å². The van der Waals surface area contributed by atoms with Gasteiger partial charge in [-0.3, -0.25) is 0 Å². The van der Waals surface area contributed by atoms with Crippen molar-refractivity contribution in [2.24, 2.45) is 0 Å². The van der Waals surface area contributed by atoms with Crippen LogP contribution in [0.25, 0.3) is 11.1 Å². The molecule has 4 rings (SSSR count). The Morgan fingerprint density at radius 2 is 1.91 bits per heavy atom. The molecule has 3 aromatic rings. The Bertz CT molecular complexity index is 805. The standard InChI is InChI=1S/C20H19FN2/c21-12-15-8-10-16(11-9-15)18-5-1-2-6-19(18)20-7-3-4-17-13-22-14-23(17)20/h1-2,5-6,8-11,13-14,20H,3-4,7,12H2. The molecule has 0 aliphatic carbocycles. The molecule has 0 amide bonds. The summed E-state index contributed by atoms with van der Waals surface area (Å²) in [6.07, 6.45) is 7.34. The zero-order valence-corrected chi connectivity index (χ0v) is 13.0. The van der Waals surface area contributed by atoms with E-state index < -0.39 is 6.67 Å². The van der Waals surface area contributed by atoms with Crippen LogP contribution in [0.1, 0.15) is 35.7 Å². The Labute approximate surface area is 135 Å². The third-order valence-electron chi connectivity index (χ3n) is 4.73. The number of fused-ring (bicyclic) bond motifs is 1. The van der Waals surface area contributed by atoms with E-state index in [4.69, 9.17) is 0 Å². The summed E-state index contributed by atoms with van der Waals surface area (Å²) in [6.45, 7) is -0.414. The number of imidazole rings is 1. The van der Waals surface area contributed by atoms with E-state index >= 15 is 0 Å². The highest BCUT2D eigenvalue weighted by molar-refractivity contribution is 5.68. The summed E-state index contributed by atoms with van der Waals surface area (Å²) >= 11 is 0. The first-order valence-electron chi connectivity index (χ1n) is 8.12. The molecule has 0 spiro atoms. The predicted molar refractivity (Wildman–Crippen MR) is 90.0 cm³/mol. The molecule has 1 aliphatic rings. The fraction of sp³-hybridized carbons (Fsp3) is 0.250. The van der Waals surface area contributed by atoms with E-state index in [1.54, 1.807) is 0 Å². The minimum Gasteiger partial charge on any atom is -0.327 e. The fourth-order valence-corrected chi connectivity index (χ4v) is 3.55. The lowest BCUT2D eigenvalue weighted by Gasteiger charge is -2.27. The van der Waals surface area contributed by atoms with Crippen molar-refractivity contribution in [3.05, 3.63) is 77.9 Å². The second-order valence-corrected chi connectivity index (χ2v) is 6.12. The average molecular weight is 306 g/mol. The van der Waals surface area contributed by atoms with Crippen LogP contribution in [0, 0.1) is 0 Å². The van der Waals surface area contributed by atoms with Crippen LogP contribution in [0.15, 0.2) is 61.1 Å². The van der Waals surface area contributed by atoms with Crippen LogP contribution in [0.3, 0.4) is 0 Å². The van der Waals surface area contributed by atoms with Crippen LogP contribution in [0.5, 0.6) is 0 Å². The number of alkyl halides is 1. The van der Waals surface area contributed by atoms with Crippen molar-refractivity contribution >= 4 is 0 Å². The first kappa shape index (κ1) is 14.2. The van der Waals surface area contributed by atoms with Gasteiger partial charge in [-0.2, -0.15) is 0 Å². The molecule has 2 aromatic carbocycles. The van der Waals surface area contributed by atoms with E-state index in [0.717, 1.165) is 24.0 Å². The van der Waals surface area contributed by atoms with Gasteiger partial charge in [0.15, 0.2) is 0 Å². The van der Waals surface area contributed by atoms with E-state index in [1.165, 1.54) is 23.2 Å². The van der Waals surface area contributed by atoms with Gasteiger partial charge in [-0.15, -0.1) is 0 Å². The van der Waals surface area contributed by atoms with Gasteiger partial charge in [-0.1, -0.05) is 48.5 Å². The molecule has 3 heteroatoms. The molecule has 0 saturated carbocycles. The summed E-state index contributed by atoms with van der Waals surface area (Å²) in [5, 5.41) is 0. The summed E-state index contributed by atoms with van der Waals surface area (Å²) in [5.41, 5.74) is 5.72. The van der Waals surface area contributed by atoms with Crippen LogP contribution in [-0.2, 0) is 13.1 Å². The molecular formula is C20H19FN2. The zero-order chi connectivity index (χ0) is 15.6. The number of hydrogen-bond acceptors (Lipinski definition) is 1. The van der Waals surface area contributed by atoms with Crippen LogP contribution >= 0.6 is 0 Å². The van der Waals surface area contributed by atoms with Crippen molar-refractivity contribution in [1.82, 2.24) is 9.55 Å². The van der Waals surface area contributed by atoms with Crippen molar-refractivity contribution in [2.75, 3.05) is 0 Å². The Balaban J connectivity index is 1.79. The van der Waals surface area contributed by atoms with Gasteiger partial charge in [0.2, 0.25) is 0 Å². The van der Waals surface area contributed by atoms with Gasteiger partial charge >= 0.3 is 0 Å². The quantitative estimate of drug-likeness (QED) is 0.670. The maximum Gasteiger partial charge on any atom is 0.115 e. The third kappa shape index (κ3) is 2.56. The van der Waals surface area contributed by atoms with Crippen LogP contribution < -0.4 is 0 Å². The first-order chi connectivity index (χ1) is 11.4. The lowest BCUT2D eigenvalue weighted by Crippen LogP contribution is -2.18. The lowest BCUT2D eigenvalue weighted by molar-refractivity contribution is 0.458. The van der Waals surface area contributed by atoms with Crippen molar-refractivity contribution in [3.8, 4) is 11.1 Å². The van der Waals surface area contributed by atoms with Gasteiger partial charge in [0.1, 0.15) is 6.67 Å². The van der Waals surface area contributed by atoms with Crippen LogP contribution in [0.4, 0.5) is 4.39 Å². The average Bonchev–Trinajstić information content (AvgIpc) is 3.10. The number of benzene rings is 2. The van der Waals surface area contributed by atoms with E-state index in [-0.39, 0.29) is 0 Å². The van der Waals surface area contributed by atoms with Gasteiger partial charge in [-0.05, 0) is 41.5 Å². The summed E-state index contributed by atoms with van der Waals surface area (Å²) in [6, 6.07) is 16.6. The molecule has 116 valence electrons. The molecule has 1 unspecified atom stereocenters. The number of halogens is 1. The maximum atomic E-state index is 12.7. The summed E-state index contributed by atoms with van der Waals surface area (Å²) in [5.74, 6) is 0. The number of aryl methyl sites for hydroxylation is 1. The molecule has 1 atom stereocenters. The second-order valence-electron chi connectivity index (χ2n) is 6.12. The Morgan fingerprint density at radius 3 is 2.74 bits per heavy atom. The first-order valence-corrected chi connectivity index (χ1v) is 8.12. The molecule has 1 aromatic heterocycles. The monoisotopic (exact) mass is 306 g/mol. The highest BCUT2D eigenvalue weighted by atomic mass is 19.1. The molecule has 0 saturated heterocycles. The normalized spacial score (nSPS) is 17.0. The predicted octanol–water partition coefficient (Wildman–Crippen LogP) is 4.95. The van der Waals surface area contributed by atoms with Crippen LogP contribution in [-0.4, -0.2) is 9.55 Å². The second kappa shape index (κ2) is 5.99. The highest BCUT2D eigenvalue weighted by Gasteiger charge is 2.23. The topological polar surface area (TPSA) is 17.8 Å². The number of rotatable bonds is 3. The maximum absolute atomic E-state index is 12.7. The van der Waals surface area contributed by atoms with Crippen molar-refractivity contribution in [1.29, 1.82) is 0 Å². The van der Waals surface area contributed by atoms with Crippen molar-refractivity contribution < 1.29 is 4.39 Å². The third-order valence-corrected chi connectivity index (χ3v) is 4.73. The molecule has 0 fully saturated rings. The summed E-state index contributed by atoms with van der Waals surface area (Å²) < 4.78 is 15.1. The molecule has 0 N–H and O–H groups in total. The van der Waals surface area contributed by atoms with Crippen molar-refractivity contribution in [3.63, 3.8) is 0 Å². The Kier molecular flexibility index (Phi) is 3.70. The van der Waals surface area contributed by atoms with Gasteiger partial charge in [0, 0.05) is 11.9 Å². The van der Waals surface area contributed by atoms with E-state index in [0.29, 0.717) is 6.04 Å².